The lowest BCUT2D eigenvalue weighted by Gasteiger charge is -2.09. The van der Waals surface area contributed by atoms with E-state index in [1.165, 1.54) is 11.8 Å². The Morgan fingerprint density at radius 1 is 1.00 bits per heavy atom. The molecule has 0 fully saturated rings. The van der Waals surface area contributed by atoms with Gasteiger partial charge in [0.15, 0.2) is 10.9 Å². The van der Waals surface area contributed by atoms with Crippen molar-refractivity contribution in [3.8, 4) is 0 Å². The summed E-state index contributed by atoms with van der Waals surface area (Å²) in [7, 11) is 0. The molecule has 0 aliphatic carbocycles. The van der Waals surface area contributed by atoms with Crippen LogP contribution in [0.25, 0.3) is 0 Å². The number of thioether (sulfide) groups is 1. The van der Waals surface area contributed by atoms with E-state index in [1.54, 1.807) is 54.6 Å². The predicted molar refractivity (Wildman–Crippen MR) is 124 cm³/mol. The lowest BCUT2D eigenvalue weighted by Crippen LogP contribution is -2.26. The first-order valence-electron chi connectivity index (χ1n) is 9.46. The fourth-order valence-electron chi connectivity index (χ4n) is 2.76. The van der Waals surface area contributed by atoms with Crippen LogP contribution < -0.4 is 5.32 Å². The van der Waals surface area contributed by atoms with Gasteiger partial charge < -0.3 is 9.88 Å². The molecule has 3 aromatic rings. The highest BCUT2D eigenvalue weighted by molar-refractivity contribution is 7.99. The lowest BCUT2D eigenvalue weighted by molar-refractivity contribution is 0.0953. The number of amides is 1. The van der Waals surface area contributed by atoms with Crippen molar-refractivity contribution in [2.75, 3.05) is 12.3 Å². The normalized spacial score (nSPS) is 10.6. The molecule has 0 unspecified atom stereocenters. The summed E-state index contributed by atoms with van der Waals surface area (Å²) < 4.78 is 1.89. The SMILES string of the molecule is C=CCn1c(CCNC(=O)c2ccc(Cl)cc2)nnc1SCC(=O)c1ccc(Cl)cc1. The third-order valence-electron chi connectivity index (χ3n) is 4.34. The van der Waals surface area contributed by atoms with Crippen LogP contribution in [0, 0.1) is 0 Å². The van der Waals surface area contributed by atoms with Gasteiger partial charge in [0.05, 0.1) is 5.75 Å². The van der Waals surface area contributed by atoms with Crippen molar-refractivity contribution in [1.29, 1.82) is 0 Å². The number of benzene rings is 2. The third-order valence-corrected chi connectivity index (χ3v) is 5.81. The number of carbonyl (C=O) groups excluding carboxylic acids is 2. The van der Waals surface area contributed by atoms with E-state index < -0.39 is 0 Å². The molecule has 1 amide bonds. The van der Waals surface area contributed by atoms with Gasteiger partial charge in [0.1, 0.15) is 5.82 Å². The summed E-state index contributed by atoms with van der Waals surface area (Å²) in [6.07, 6.45) is 2.23. The largest absolute Gasteiger partial charge is 0.352 e. The molecule has 0 radical (unpaired) electrons. The number of nitrogens with zero attached hydrogens (tertiary/aromatic N) is 3. The molecule has 0 saturated carbocycles. The van der Waals surface area contributed by atoms with Gasteiger partial charge >= 0.3 is 0 Å². The van der Waals surface area contributed by atoms with Crippen LogP contribution in [0.3, 0.4) is 0 Å². The first-order chi connectivity index (χ1) is 15.0. The summed E-state index contributed by atoms with van der Waals surface area (Å²) >= 11 is 13.0. The van der Waals surface area contributed by atoms with Gasteiger partial charge in [-0.1, -0.05) is 41.0 Å². The average Bonchev–Trinajstić information content (AvgIpc) is 3.14. The molecule has 1 heterocycles. The minimum atomic E-state index is -0.186. The molecule has 31 heavy (non-hydrogen) atoms. The van der Waals surface area contributed by atoms with E-state index in [2.05, 4.69) is 22.1 Å². The van der Waals surface area contributed by atoms with Crippen molar-refractivity contribution in [1.82, 2.24) is 20.1 Å². The Morgan fingerprint density at radius 2 is 1.61 bits per heavy atom. The Bertz CT molecular complexity index is 1070. The highest BCUT2D eigenvalue weighted by Crippen LogP contribution is 2.20. The van der Waals surface area contributed by atoms with Crippen LogP contribution in [0.1, 0.15) is 26.5 Å². The summed E-state index contributed by atoms with van der Waals surface area (Å²) in [5, 5.41) is 13.1. The Morgan fingerprint density at radius 3 is 2.23 bits per heavy atom. The fraction of sp³-hybridized carbons (Fsp3) is 0.182. The van der Waals surface area contributed by atoms with Gasteiger partial charge in [-0.3, -0.25) is 9.59 Å². The van der Waals surface area contributed by atoms with E-state index in [0.29, 0.717) is 51.7 Å². The molecule has 0 spiro atoms. The monoisotopic (exact) mass is 474 g/mol. The Labute approximate surface area is 194 Å². The maximum Gasteiger partial charge on any atom is 0.251 e. The number of hydrogen-bond donors (Lipinski definition) is 1. The standard InChI is InChI=1S/C22H20Cl2N4O2S/c1-2-13-28-20(11-12-25-21(30)16-5-9-18(24)10-6-16)26-27-22(28)31-14-19(29)15-3-7-17(23)8-4-15/h2-10H,1,11-14H2,(H,25,30). The quantitative estimate of drug-likeness (QED) is 0.261. The summed E-state index contributed by atoms with van der Waals surface area (Å²) in [6, 6.07) is 13.5. The number of ketones is 1. The second kappa shape index (κ2) is 11.1. The lowest BCUT2D eigenvalue weighted by atomic mass is 10.1. The topological polar surface area (TPSA) is 76.9 Å². The molecule has 6 nitrogen and oxygen atoms in total. The first kappa shape index (κ1) is 23.1. The number of aromatic nitrogens is 3. The molecule has 1 N–H and O–H groups in total. The molecule has 0 aliphatic heterocycles. The molecule has 3 rings (SSSR count). The highest BCUT2D eigenvalue weighted by atomic mass is 35.5. The van der Waals surface area contributed by atoms with E-state index in [4.69, 9.17) is 23.2 Å². The van der Waals surface area contributed by atoms with Crippen molar-refractivity contribution in [3.63, 3.8) is 0 Å². The van der Waals surface area contributed by atoms with Gasteiger partial charge in [-0.2, -0.15) is 0 Å². The van der Waals surface area contributed by atoms with Crippen LogP contribution in [-0.4, -0.2) is 38.8 Å². The van der Waals surface area contributed by atoms with Gasteiger partial charge in [-0.15, -0.1) is 16.8 Å². The number of Topliss-reactive ketones (excluding diaryl/α,β-unsaturated/α-hetero) is 1. The maximum atomic E-state index is 12.4. The Hall–Kier alpha value is -2.61. The van der Waals surface area contributed by atoms with E-state index in [1.807, 2.05) is 4.57 Å². The zero-order chi connectivity index (χ0) is 22.2. The van der Waals surface area contributed by atoms with E-state index >= 15 is 0 Å². The molecule has 9 heteroatoms. The summed E-state index contributed by atoms with van der Waals surface area (Å²) in [4.78, 5) is 24.6. The molecule has 2 aromatic carbocycles. The van der Waals surface area contributed by atoms with Gasteiger partial charge in [-0.25, -0.2) is 0 Å². The van der Waals surface area contributed by atoms with E-state index in [9.17, 15) is 9.59 Å². The summed E-state index contributed by atoms with van der Waals surface area (Å²) in [5.41, 5.74) is 1.13. The molecule has 160 valence electrons. The van der Waals surface area contributed by atoms with Gasteiger partial charge in [0.2, 0.25) is 0 Å². The van der Waals surface area contributed by atoms with Crippen LogP contribution >= 0.6 is 35.0 Å². The van der Waals surface area contributed by atoms with E-state index in [0.717, 1.165) is 0 Å². The third kappa shape index (κ3) is 6.43. The van der Waals surface area contributed by atoms with Crippen LogP contribution in [0.2, 0.25) is 10.0 Å². The van der Waals surface area contributed by atoms with E-state index in [-0.39, 0.29) is 17.4 Å². The number of nitrogens with one attached hydrogen (secondary N) is 1. The number of allylic oxidation sites excluding steroid dienone is 1. The molecule has 0 atom stereocenters. The molecule has 0 bridgehead atoms. The summed E-state index contributed by atoms with van der Waals surface area (Å²) in [6.45, 7) is 4.68. The minimum Gasteiger partial charge on any atom is -0.352 e. The second-order valence-corrected chi connectivity index (χ2v) is 8.34. The predicted octanol–water partition coefficient (Wildman–Crippen LogP) is 4.72. The number of rotatable bonds is 10. The van der Waals surface area contributed by atoms with Gasteiger partial charge in [-0.05, 0) is 48.5 Å². The van der Waals surface area contributed by atoms with Crippen molar-refractivity contribution < 1.29 is 9.59 Å². The zero-order valence-electron chi connectivity index (χ0n) is 16.6. The van der Waals surface area contributed by atoms with Gasteiger partial charge in [0.25, 0.3) is 5.91 Å². The summed E-state index contributed by atoms with van der Waals surface area (Å²) in [5.74, 6) is 0.725. The Balaban J connectivity index is 1.58. The highest BCUT2D eigenvalue weighted by Gasteiger charge is 2.15. The van der Waals surface area contributed by atoms with Crippen LogP contribution in [0.4, 0.5) is 0 Å². The number of halogens is 2. The average molecular weight is 475 g/mol. The first-order valence-corrected chi connectivity index (χ1v) is 11.2. The molecule has 0 aliphatic rings. The van der Waals surface area contributed by atoms with Crippen molar-refractivity contribution in [2.45, 2.75) is 18.1 Å². The van der Waals surface area contributed by atoms with Crippen molar-refractivity contribution >= 4 is 46.7 Å². The number of hydrogen-bond acceptors (Lipinski definition) is 5. The van der Waals surface area contributed by atoms with Crippen LogP contribution in [0.15, 0.2) is 66.3 Å². The second-order valence-electron chi connectivity index (χ2n) is 6.53. The smallest absolute Gasteiger partial charge is 0.251 e. The zero-order valence-corrected chi connectivity index (χ0v) is 18.9. The van der Waals surface area contributed by atoms with Crippen LogP contribution in [0.5, 0.6) is 0 Å². The number of carbonyl (C=O) groups is 2. The molecular weight excluding hydrogens is 455 g/mol. The molecule has 1 aromatic heterocycles. The fourth-order valence-corrected chi connectivity index (χ4v) is 3.88. The Kier molecular flexibility index (Phi) is 8.28. The molecular formula is C22H20Cl2N4O2S. The van der Waals surface area contributed by atoms with Crippen LogP contribution in [-0.2, 0) is 13.0 Å². The van der Waals surface area contributed by atoms with Crippen molar-refractivity contribution in [2.24, 2.45) is 0 Å². The van der Waals surface area contributed by atoms with Gasteiger partial charge in [0, 0.05) is 40.7 Å². The molecule has 0 saturated heterocycles. The minimum absolute atomic E-state index is 0.0217. The van der Waals surface area contributed by atoms with Crippen molar-refractivity contribution in [3.05, 3.63) is 88.2 Å². The maximum absolute atomic E-state index is 12.4.